The van der Waals surface area contributed by atoms with Gasteiger partial charge in [-0.1, -0.05) is 19.1 Å². The van der Waals surface area contributed by atoms with Crippen molar-refractivity contribution in [3.8, 4) is 0 Å². The Kier molecular flexibility index (Phi) is 2.56. The van der Waals surface area contributed by atoms with Crippen molar-refractivity contribution in [2.45, 2.75) is 12.8 Å². The summed E-state index contributed by atoms with van der Waals surface area (Å²) in [5.74, 6) is 0.314. The van der Waals surface area contributed by atoms with Crippen molar-refractivity contribution in [3.63, 3.8) is 0 Å². The largest absolute Gasteiger partial charge is 0.330 e. The predicted molar refractivity (Wildman–Crippen MR) is 61.3 cm³/mol. The first-order chi connectivity index (χ1) is 6.74. The smallest absolute Gasteiger partial charge is 0.107 e. The molecule has 1 unspecified atom stereocenters. The van der Waals surface area contributed by atoms with Crippen molar-refractivity contribution in [2.24, 2.45) is 5.73 Å². The summed E-state index contributed by atoms with van der Waals surface area (Å²) in [4.78, 5) is 0. The zero-order chi connectivity index (χ0) is 10.1. The molecule has 1 atom stereocenters. The minimum atomic E-state index is 0.314. The second kappa shape index (κ2) is 3.71. The van der Waals surface area contributed by atoms with Crippen LogP contribution in [-0.2, 0) is 0 Å². The van der Waals surface area contributed by atoms with Crippen LogP contribution in [0.25, 0.3) is 10.9 Å². The molecular weight excluding hydrogens is 242 g/mol. The van der Waals surface area contributed by atoms with Gasteiger partial charge < -0.3 is 5.73 Å². The molecule has 0 aliphatic carbocycles. The van der Waals surface area contributed by atoms with E-state index in [9.17, 15) is 0 Å². The first-order valence-electron chi connectivity index (χ1n) is 4.56. The summed E-state index contributed by atoms with van der Waals surface area (Å²) in [5, 5.41) is 8.46. The van der Waals surface area contributed by atoms with Crippen LogP contribution in [0.15, 0.2) is 22.7 Å². The maximum atomic E-state index is 5.63. The predicted octanol–water partition coefficient (Wildman–Crippen LogP) is 2.39. The molecule has 0 bridgehead atoms. The van der Waals surface area contributed by atoms with E-state index < -0.39 is 0 Å². The van der Waals surface area contributed by atoms with Gasteiger partial charge in [0, 0.05) is 28.0 Å². The maximum absolute atomic E-state index is 5.63. The van der Waals surface area contributed by atoms with E-state index in [1.54, 1.807) is 0 Å². The Morgan fingerprint density at radius 3 is 3.07 bits per heavy atom. The standard InChI is InChI=1S/C10H12BrN3/c1-6(5-12)9-7-3-2-4-8(11)10(7)14-13-9/h2-4,6H,5,12H2,1H3,(H,13,14). The van der Waals surface area contributed by atoms with E-state index in [2.05, 4.69) is 39.1 Å². The number of hydrogen-bond donors (Lipinski definition) is 2. The van der Waals surface area contributed by atoms with E-state index in [-0.39, 0.29) is 0 Å². The molecule has 3 N–H and O–H groups in total. The van der Waals surface area contributed by atoms with E-state index in [0.717, 1.165) is 21.1 Å². The zero-order valence-corrected chi connectivity index (χ0v) is 9.51. The Morgan fingerprint density at radius 1 is 1.57 bits per heavy atom. The molecule has 0 saturated heterocycles. The second-order valence-electron chi connectivity index (χ2n) is 3.41. The number of aromatic nitrogens is 2. The summed E-state index contributed by atoms with van der Waals surface area (Å²) in [6.45, 7) is 2.72. The van der Waals surface area contributed by atoms with Crippen LogP contribution in [0.5, 0.6) is 0 Å². The average molecular weight is 254 g/mol. The number of halogens is 1. The Labute approximate surface area is 90.8 Å². The Balaban J connectivity index is 2.63. The lowest BCUT2D eigenvalue weighted by Gasteiger charge is -2.05. The molecule has 2 aromatic rings. The quantitative estimate of drug-likeness (QED) is 0.864. The highest BCUT2D eigenvalue weighted by Crippen LogP contribution is 2.27. The minimum Gasteiger partial charge on any atom is -0.330 e. The summed E-state index contributed by atoms with van der Waals surface area (Å²) in [6.07, 6.45) is 0. The average Bonchev–Trinajstić information content (AvgIpc) is 2.62. The molecule has 1 heterocycles. The fourth-order valence-corrected chi connectivity index (χ4v) is 1.97. The Morgan fingerprint density at radius 2 is 2.36 bits per heavy atom. The number of nitrogens with one attached hydrogen (secondary N) is 1. The normalized spacial score (nSPS) is 13.4. The third-order valence-electron chi connectivity index (χ3n) is 2.41. The van der Waals surface area contributed by atoms with Gasteiger partial charge in [0.25, 0.3) is 0 Å². The fraction of sp³-hybridized carbons (Fsp3) is 0.300. The third-order valence-corrected chi connectivity index (χ3v) is 3.05. The molecule has 0 spiro atoms. The number of nitrogens with two attached hydrogens (primary N) is 1. The number of hydrogen-bond acceptors (Lipinski definition) is 2. The van der Waals surface area contributed by atoms with Crippen molar-refractivity contribution in [2.75, 3.05) is 6.54 Å². The van der Waals surface area contributed by atoms with Gasteiger partial charge in [-0.3, -0.25) is 5.10 Å². The molecule has 0 saturated carbocycles. The number of para-hydroxylation sites is 1. The highest BCUT2D eigenvalue weighted by molar-refractivity contribution is 9.10. The third kappa shape index (κ3) is 1.44. The highest BCUT2D eigenvalue weighted by Gasteiger charge is 2.12. The molecule has 1 aromatic heterocycles. The van der Waals surface area contributed by atoms with Gasteiger partial charge in [-0.15, -0.1) is 0 Å². The van der Waals surface area contributed by atoms with Gasteiger partial charge in [-0.25, -0.2) is 0 Å². The van der Waals surface area contributed by atoms with Crippen LogP contribution in [0.4, 0.5) is 0 Å². The highest BCUT2D eigenvalue weighted by atomic mass is 79.9. The molecule has 0 fully saturated rings. The van der Waals surface area contributed by atoms with Crippen LogP contribution in [0.2, 0.25) is 0 Å². The van der Waals surface area contributed by atoms with E-state index in [1.165, 1.54) is 0 Å². The van der Waals surface area contributed by atoms with Crippen LogP contribution in [0, 0.1) is 0 Å². The van der Waals surface area contributed by atoms with Crippen molar-refractivity contribution in [3.05, 3.63) is 28.4 Å². The number of H-pyrrole nitrogens is 1. The van der Waals surface area contributed by atoms with Crippen LogP contribution < -0.4 is 5.73 Å². The monoisotopic (exact) mass is 253 g/mol. The lowest BCUT2D eigenvalue weighted by Crippen LogP contribution is -2.09. The summed E-state index contributed by atoms with van der Waals surface area (Å²) in [5.41, 5.74) is 7.72. The lowest BCUT2D eigenvalue weighted by atomic mass is 10.0. The van der Waals surface area contributed by atoms with Gasteiger partial charge in [0.1, 0.15) is 5.52 Å². The molecule has 4 heteroatoms. The molecule has 0 amide bonds. The summed E-state index contributed by atoms with van der Waals surface area (Å²) >= 11 is 3.47. The lowest BCUT2D eigenvalue weighted by molar-refractivity contribution is 0.744. The molecule has 1 aromatic carbocycles. The van der Waals surface area contributed by atoms with Crippen LogP contribution in [0.3, 0.4) is 0 Å². The van der Waals surface area contributed by atoms with Crippen LogP contribution in [-0.4, -0.2) is 16.7 Å². The van der Waals surface area contributed by atoms with Gasteiger partial charge in [0.15, 0.2) is 0 Å². The van der Waals surface area contributed by atoms with Gasteiger partial charge in [0.05, 0.1) is 0 Å². The molecule has 0 aliphatic rings. The SMILES string of the molecule is CC(CN)c1[nH]nc2c(Br)cccc12. The first kappa shape index (κ1) is 9.68. The molecule has 74 valence electrons. The summed E-state index contributed by atoms with van der Waals surface area (Å²) in [7, 11) is 0. The Bertz CT molecular complexity index is 450. The van der Waals surface area contributed by atoms with Crippen molar-refractivity contribution in [1.82, 2.24) is 10.2 Å². The molecule has 2 rings (SSSR count). The van der Waals surface area contributed by atoms with Crippen LogP contribution in [0.1, 0.15) is 18.5 Å². The van der Waals surface area contributed by atoms with Crippen molar-refractivity contribution < 1.29 is 0 Å². The number of rotatable bonds is 2. The minimum absolute atomic E-state index is 0.314. The van der Waals surface area contributed by atoms with Crippen molar-refractivity contribution >= 4 is 26.8 Å². The van der Waals surface area contributed by atoms with E-state index in [4.69, 9.17) is 5.73 Å². The topological polar surface area (TPSA) is 54.7 Å². The molecular formula is C10H12BrN3. The number of aromatic amines is 1. The number of benzene rings is 1. The van der Waals surface area contributed by atoms with Crippen molar-refractivity contribution in [1.29, 1.82) is 0 Å². The second-order valence-corrected chi connectivity index (χ2v) is 4.26. The van der Waals surface area contributed by atoms with E-state index in [1.807, 2.05) is 12.1 Å². The van der Waals surface area contributed by atoms with E-state index >= 15 is 0 Å². The van der Waals surface area contributed by atoms with E-state index in [0.29, 0.717) is 12.5 Å². The zero-order valence-electron chi connectivity index (χ0n) is 7.92. The maximum Gasteiger partial charge on any atom is 0.107 e. The summed E-state index contributed by atoms with van der Waals surface area (Å²) < 4.78 is 1.02. The number of nitrogens with zero attached hydrogens (tertiary/aromatic N) is 1. The number of fused-ring (bicyclic) bond motifs is 1. The molecule has 3 nitrogen and oxygen atoms in total. The summed E-state index contributed by atoms with van der Waals surface area (Å²) in [6, 6.07) is 6.06. The van der Waals surface area contributed by atoms with Gasteiger partial charge >= 0.3 is 0 Å². The first-order valence-corrected chi connectivity index (χ1v) is 5.36. The molecule has 14 heavy (non-hydrogen) atoms. The fourth-order valence-electron chi connectivity index (χ4n) is 1.52. The molecule has 0 aliphatic heterocycles. The molecule has 0 radical (unpaired) electrons. The Hall–Kier alpha value is -0.870. The van der Waals surface area contributed by atoms with Gasteiger partial charge in [-0.05, 0) is 22.0 Å². The van der Waals surface area contributed by atoms with Crippen LogP contribution >= 0.6 is 15.9 Å². The van der Waals surface area contributed by atoms with Gasteiger partial charge in [0.2, 0.25) is 0 Å². The van der Waals surface area contributed by atoms with Gasteiger partial charge in [-0.2, -0.15) is 5.10 Å².